The third-order valence-corrected chi connectivity index (χ3v) is 3.69. The molecule has 2 heterocycles. The minimum Gasteiger partial charge on any atom is -0.352 e. The van der Waals surface area contributed by atoms with Gasteiger partial charge in [0, 0.05) is 29.9 Å². The summed E-state index contributed by atoms with van der Waals surface area (Å²) in [5.74, 6) is -0.477. The SMILES string of the molecule is O=C(Cc1cn2ccsc2n1)NCc1ccccc1F. The fraction of sp³-hybridized carbons (Fsp3) is 0.143. The lowest BCUT2D eigenvalue weighted by atomic mass is 10.2. The zero-order chi connectivity index (χ0) is 13.9. The van der Waals surface area contributed by atoms with Crippen LogP contribution in [0.3, 0.4) is 0 Å². The molecule has 0 bridgehead atoms. The molecular weight excluding hydrogens is 277 g/mol. The predicted octanol–water partition coefficient (Wildman–Crippen LogP) is 2.39. The number of hydrogen-bond acceptors (Lipinski definition) is 3. The summed E-state index contributed by atoms with van der Waals surface area (Å²) in [5.41, 5.74) is 1.19. The molecule has 20 heavy (non-hydrogen) atoms. The van der Waals surface area contributed by atoms with Crippen LogP contribution in [0.4, 0.5) is 4.39 Å². The second-order valence-corrected chi connectivity index (χ2v) is 5.24. The van der Waals surface area contributed by atoms with E-state index in [2.05, 4.69) is 10.3 Å². The van der Waals surface area contributed by atoms with Crippen molar-refractivity contribution in [3.05, 3.63) is 59.1 Å². The Morgan fingerprint density at radius 2 is 2.25 bits per heavy atom. The van der Waals surface area contributed by atoms with Gasteiger partial charge in [0.15, 0.2) is 4.96 Å². The first kappa shape index (κ1) is 12.8. The molecule has 0 radical (unpaired) electrons. The average Bonchev–Trinajstić information content (AvgIpc) is 2.98. The molecule has 0 saturated carbocycles. The number of nitrogens with one attached hydrogen (secondary N) is 1. The summed E-state index contributed by atoms with van der Waals surface area (Å²) < 4.78 is 15.3. The van der Waals surface area contributed by atoms with Crippen molar-refractivity contribution in [2.45, 2.75) is 13.0 Å². The van der Waals surface area contributed by atoms with Gasteiger partial charge >= 0.3 is 0 Å². The van der Waals surface area contributed by atoms with Crippen LogP contribution in [0.25, 0.3) is 4.96 Å². The van der Waals surface area contributed by atoms with Gasteiger partial charge in [-0.3, -0.25) is 9.20 Å². The van der Waals surface area contributed by atoms with Crippen LogP contribution in [-0.4, -0.2) is 15.3 Å². The number of rotatable bonds is 4. The molecule has 6 heteroatoms. The highest BCUT2D eigenvalue weighted by Gasteiger charge is 2.09. The lowest BCUT2D eigenvalue weighted by molar-refractivity contribution is -0.120. The van der Waals surface area contributed by atoms with Gasteiger partial charge in [-0.1, -0.05) is 18.2 Å². The molecule has 1 N–H and O–H groups in total. The van der Waals surface area contributed by atoms with Crippen LogP contribution in [0, 0.1) is 5.82 Å². The van der Waals surface area contributed by atoms with E-state index >= 15 is 0 Å². The number of imidazole rings is 1. The predicted molar refractivity (Wildman–Crippen MR) is 75.0 cm³/mol. The fourth-order valence-electron chi connectivity index (χ4n) is 1.92. The highest BCUT2D eigenvalue weighted by molar-refractivity contribution is 7.15. The molecule has 0 aliphatic heterocycles. The Hall–Kier alpha value is -2.21. The number of carbonyl (C=O) groups is 1. The first-order valence-corrected chi connectivity index (χ1v) is 7.01. The van der Waals surface area contributed by atoms with Crippen LogP contribution in [-0.2, 0) is 17.8 Å². The highest BCUT2D eigenvalue weighted by atomic mass is 32.1. The van der Waals surface area contributed by atoms with Crippen LogP contribution in [0.15, 0.2) is 42.0 Å². The first-order valence-electron chi connectivity index (χ1n) is 6.13. The number of fused-ring (bicyclic) bond motifs is 1. The Kier molecular flexibility index (Phi) is 3.47. The molecule has 102 valence electrons. The normalized spacial score (nSPS) is 10.8. The summed E-state index contributed by atoms with van der Waals surface area (Å²) in [4.78, 5) is 17.0. The van der Waals surface area contributed by atoms with Crippen LogP contribution in [0.2, 0.25) is 0 Å². The highest BCUT2D eigenvalue weighted by Crippen LogP contribution is 2.11. The molecule has 1 amide bonds. The maximum atomic E-state index is 13.4. The van der Waals surface area contributed by atoms with E-state index in [0.717, 1.165) is 4.96 Å². The van der Waals surface area contributed by atoms with E-state index in [0.29, 0.717) is 11.3 Å². The molecule has 2 aromatic heterocycles. The van der Waals surface area contributed by atoms with Crippen LogP contribution >= 0.6 is 11.3 Å². The van der Waals surface area contributed by atoms with E-state index in [-0.39, 0.29) is 24.7 Å². The van der Waals surface area contributed by atoms with Crippen LogP contribution in [0.1, 0.15) is 11.3 Å². The van der Waals surface area contributed by atoms with Gasteiger partial charge < -0.3 is 5.32 Å². The maximum Gasteiger partial charge on any atom is 0.226 e. The van der Waals surface area contributed by atoms with Gasteiger partial charge in [0.05, 0.1) is 12.1 Å². The molecular formula is C14H12FN3OS. The lowest BCUT2D eigenvalue weighted by Crippen LogP contribution is -2.25. The van der Waals surface area contributed by atoms with Gasteiger partial charge in [0.1, 0.15) is 5.82 Å². The van der Waals surface area contributed by atoms with Gasteiger partial charge in [0.25, 0.3) is 0 Å². The third kappa shape index (κ3) is 2.70. The number of aromatic nitrogens is 2. The zero-order valence-corrected chi connectivity index (χ0v) is 11.4. The van der Waals surface area contributed by atoms with Gasteiger partial charge in [-0.05, 0) is 6.07 Å². The van der Waals surface area contributed by atoms with Crippen molar-refractivity contribution >= 4 is 22.2 Å². The first-order chi connectivity index (χ1) is 9.72. The number of benzene rings is 1. The van der Waals surface area contributed by atoms with Crippen LogP contribution < -0.4 is 5.32 Å². The molecule has 0 aliphatic carbocycles. The van der Waals surface area contributed by atoms with Crippen molar-refractivity contribution in [1.29, 1.82) is 0 Å². The molecule has 0 unspecified atom stereocenters. The minimum absolute atomic E-state index is 0.168. The summed E-state index contributed by atoms with van der Waals surface area (Å²) in [6.45, 7) is 0.188. The van der Waals surface area contributed by atoms with Crippen LogP contribution in [0.5, 0.6) is 0 Å². The van der Waals surface area contributed by atoms with Gasteiger partial charge in [0.2, 0.25) is 5.91 Å². The van der Waals surface area contributed by atoms with E-state index in [4.69, 9.17) is 0 Å². The molecule has 1 aromatic carbocycles. The van der Waals surface area contributed by atoms with Gasteiger partial charge in [-0.2, -0.15) is 0 Å². The number of hydrogen-bond donors (Lipinski definition) is 1. The molecule has 0 atom stereocenters. The Morgan fingerprint density at radius 1 is 1.40 bits per heavy atom. The molecule has 3 rings (SSSR count). The maximum absolute atomic E-state index is 13.4. The Labute approximate surface area is 118 Å². The smallest absolute Gasteiger partial charge is 0.226 e. The van der Waals surface area contributed by atoms with Crippen molar-refractivity contribution in [3.8, 4) is 0 Å². The molecule has 3 aromatic rings. The average molecular weight is 289 g/mol. The number of thiazole rings is 1. The van der Waals surface area contributed by atoms with Gasteiger partial charge in [-0.15, -0.1) is 11.3 Å². The molecule has 0 saturated heterocycles. The molecule has 0 aliphatic rings. The standard InChI is InChI=1S/C14H12FN3OS/c15-12-4-2-1-3-10(12)8-16-13(19)7-11-9-18-5-6-20-14(18)17-11/h1-6,9H,7-8H2,(H,16,19). The third-order valence-electron chi connectivity index (χ3n) is 2.92. The van der Waals surface area contributed by atoms with Crippen molar-refractivity contribution in [3.63, 3.8) is 0 Å². The summed E-state index contributed by atoms with van der Waals surface area (Å²) in [6, 6.07) is 6.40. The second kappa shape index (κ2) is 5.42. The summed E-state index contributed by atoms with van der Waals surface area (Å²) in [6.07, 6.45) is 3.92. The zero-order valence-electron chi connectivity index (χ0n) is 10.5. The number of nitrogens with zero attached hydrogens (tertiary/aromatic N) is 2. The van der Waals surface area contributed by atoms with Crippen molar-refractivity contribution in [2.75, 3.05) is 0 Å². The topological polar surface area (TPSA) is 46.4 Å². The minimum atomic E-state index is -0.310. The molecule has 0 spiro atoms. The van der Waals surface area contributed by atoms with E-state index in [1.807, 2.05) is 22.2 Å². The summed E-state index contributed by atoms with van der Waals surface area (Å²) in [7, 11) is 0. The fourth-order valence-corrected chi connectivity index (χ4v) is 2.64. The molecule has 0 fully saturated rings. The van der Waals surface area contributed by atoms with Crippen molar-refractivity contribution < 1.29 is 9.18 Å². The summed E-state index contributed by atoms with van der Waals surface area (Å²) >= 11 is 1.52. The van der Waals surface area contributed by atoms with Gasteiger partial charge in [-0.25, -0.2) is 9.37 Å². The van der Waals surface area contributed by atoms with E-state index < -0.39 is 0 Å². The Balaban J connectivity index is 1.60. The van der Waals surface area contributed by atoms with E-state index in [1.54, 1.807) is 18.2 Å². The monoisotopic (exact) mass is 289 g/mol. The Bertz CT molecular complexity index is 721. The summed E-state index contributed by atoms with van der Waals surface area (Å²) in [5, 5.41) is 4.63. The lowest BCUT2D eigenvalue weighted by Gasteiger charge is -2.05. The number of amides is 1. The van der Waals surface area contributed by atoms with E-state index in [9.17, 15) is 9.18 Å². The quantitative estimate of drug-likeness (QED) is 0.801. The largest absolute Gasteiger partial charge is 0.352 e. The van der Waals surface area contributed by atoms with E-state index in [1.165, 1.54) is 17.4 Å². The number of carbonyl (C=O) groups excluding carboxylic acids is 1. The molecule has 4 nitrogen and oxygen atoms in total. The number of halogens is 1. The van der Waals surface area contributed by atoms with Crippen molar-refractivity contribution in [2.24, 2.45) is 0 Å². The Morgan fingerprint density at radius 3 is 3.05 bits per heavy atom. The second-order valence-electron chi connectivity index (χ2n) is 4.37. The van der Waals surface area contributed by atoms with Crippen molar-refractivity contribution in [1.82, 2.24) is 14.7 Å².